The molecule has 1 heterocycles. The van der Waals surface area contributed by atoms with Crippen LogP contribution in [0.4, 0.5) is 0 Å². The van der Waals surface area contributed by atoms with E-state index in [-0.39, 0.29) is 6.61 Å². The van der Waals surface area contributed by atoms with E-state index in [0.717, 1.165) is 5.56 Å². The maximum Gasteiger partial charge on any atom is 0.337 e. The van der Waals surface area contributed by atoms with E-state index in [1.165, 1.54) is 7.11 Å². The van der Waals surface area contributed by atoms with Crippen molar-refractivity contribution in [1.29, 1.82) is 0 Å². The molecule has 0 saturated carbocycles. The van der Waals surface area contributed by atoms with Crippen molar-refractivity contribution >= 4 is 29.8 Å². The minimum Gasteiger partial charge on any atom is -0.465 e. The van der Waals surface area contributed by atoms with Crippen molar-refractivity contribution in [1.82, 2.24) is 5.32 Å². The number of ether oxygens (including phenoxy) is 6. The first kappa shape index (κ1) is 42.4. The molecule has 12 nitrogen and oxygen atoms in total. The Morgan fingerprint density at radius 3 is 1.58 bits per heavy atom. The topological polar surface area (TPSA) is 153 Å². The Hall–Kier alpha value is -3.77. The van der Waals surface area contributed by atoms with E-state index in [4.69, 9.17) is 28.4 Å². The summed E-state index contributed by atoms with van der Waals surface area (Å²) in [5.41, 5.74) is -2.76. The maximum absolute atomic E-state index is 13.6. The summed E-state index contributed by atoms with van der Waals surface area (Å²) in [5, 5.41) is 3.38. The highest BCUT2D eigenvalue weighted by Crippen LogP contribution is 2.35. The first-order valence-electron chi connectivity index (χ1n) is 16.8. The van der Waals surface area contributed by atoms with Crippen LogP contribution >= 0.6 is 0 Å². The second kappa shape index (κ2) is 16.5. The fourth-order valence-corrected chi connectivity index (χ4v) is 4.50. The molecule has 0 unspecified atom stereocenters. The number of hydrogen-bond acceptors (Lipinski definition) is 12. The first-order chi connectivity index (χ1) is 22.8. The number of carbonyl (C=O) groups excluding carboxylic acids is 5. The Balaban J connectivity index is 2.79. The van der Waals surface area contributed by atoms with Gasteiger partial charge in [-0.05, 0) is 107 Å². The van der Waals surface area contributed by atoms with E-state index >= 15 is 0 Å². The molecule has 0 amide bonds. The molecule has 0 spiro atoms. The largest absolute Gasteiger partial charge is 0.465 e. The monoisotopic (exact) mass is 703 g/mol. The van der Waals surface area contributed by atoms with Crippen LogP contribution in [0.3, 0.4) is 0 Å². The van der Waals surface area contributed by atoms with E-state index in [9.17, 15) is 24.0 Å². The lowest BCUT2D eigenvalue weighted by Gasteiger charge is -2.47. The zero-order chi connectivity index (χ0) is 38.4. The minimum atomic E-state index is -1.39. The molecule has 1 aliphatic heterocycles. The van der Waals surface area contributed by atoms with E-state index < -0.39 is 88.2 Å². The summed E-state index contributed by atoms with van der Waals surface area (Å²) in [6.07, 6.45) is -4.41. The molecule has 1 N–H and O–H groups in total. The molecule has 50 heavy (non-hydrogen) atoms. The first-order valence-corrected chi connectivity index (χ1v) is 16.8. The molecule has 0 bridgehead atoms. The van der Waals surface area contributed by atoms with Crippen LogP contribution in [0.5, 0.6) is 0 Å². The van der Waals surface area contributed by atoms with Crippen molar-refractivity contribution in [3.05, 3.63) is 48.0 Å². The van der Waals surface area contributed by atoms with Crippen molar-refractivity contribution in [2.24, 2.45) is 21.7 Å². The summed E-state index contributed by atoms with van der Waals surface area (Å²) >= 11 is 0. The molecule has 2 rings (SSSR count). The Morgan fingerprint density at radius 1 is 0.720 bits per heavy atom. The lowest BCUT2D eigenvalue weighted by Crippen LogP contribution is -2.66. The molecule has 1 aromatic rings. The smallest absolute Gasteiger partial charge is 0.337 e. The number of carbonyl (C=O) groups is 5. The van der Waals surface area contributed by atoms with E-state index in [2.05, 4.69) is 11.9 Å². The Labute approximate surface area is 296 Å². The average molecular weight is 704 g/mol. The zero-order valence-electron chi connectivity index (χ0n) is 32.0. The molecule has 1 fully saturated rings. The average Bonchev–Trinajstić information content (AvgIpc) is 2.99. The van der Waals surface area contributed by atoms with Crippen LogP contribution in [0.1, 0.15) is 111 Å². The fourth-order valence-electron chi connectivity index (χ4n) is 4.50. The van der Waals surface area contributed by atoms with Gasteiger partial charge in [-0.3, -0.25) is 24.5 Å². The third kappa shape index (κ3) is 11.7. The van der Waals surface area contributed by atoms with Gasteiger partial charge in [0.05, 0.1) is 34.3 Å². The van der Waals surface area contributed by atoms with Gasteiger partial charge >= 0.3 is 29.8 Å². The number of rotatable bonds is 11. The number of hydrogen-bond donors (Lipinski definition) is 1. The highest BCUT2D eigenvalue weighted by atomic mass is 16.7. The molecule has 1 aromatic carbocycles. The van der Waals surface area contributed by atoms with Crippen LogP contribution in [0, 0.1) is 21.7 Å². The standard InChI is InChI=1S/C38H57NO11/c1-15-16-24(22-17-19-23(20-18-22)30(40)45-14)39-29-28(50-34(44)38(11,12)13)27(49-33(43)37(8,9)10)26(48-32(42)36(5,6)7)25(47-29)21-46-31(41)35(2,3)4/h15,17-20,24-29,39H,1,16,21H2,2-14H3/t24-,25+,26-,27-,28+,29+/m0/s1. The Morgan fingerprint density at radius 2 is 1.16 bits per heavy atom. The predicted octanol–water partition coefficient (Wildman–Crippen LogP) is 5.87. The molecule has 1 saturated heterocycles. The number of nitrogens with one attached hydrogen (secondary N) is 1. The van der Waals surface area contributed by atoms with Gasteiger partial charge in [0.1, 0.15) is 12.7 Å². The molecule has 0 aliphatic carbocycles. The van der Waals surface area contributed by atoms with Crippen molar-refractivity contribution < 1.29 is 52.4 Å². The normalized spacial score (nSPS) is 22.1. The van der Waals surface area contributed by atoms with Gasteiger partial charge in [-0.25, -0.2) is 4.79 Å². The van der Waals surface area contributed by atoms with E-state index in [1.54, 1.807) is 113 Å². The van der Waals surface area contributed by atoms with Crippen molar-refractivity contribution in [2.75, 3.05) is 13.7 Å². The number of benzene rings is 1. The second-order valence-corrected chi connectivity index (χ2v) is 16.7. The van der Waals surface area contributed by atoms with Gasteiger partial charge in [-0.1, -0.05) is 18.2 Å². The fraction of sp³-hybridized carbons (Fsp3) is 0.658. The molecule has 1 aliphatic rings. The van der Waals surface area contributed by atoms with Gasteiger partial charge in [0.25, 0.3) is 0 Å². The maximum atomic E-state index is 13.6. The van der Waals surface area contributed by atoms with Gasteiger partial charge < -0.3 is 28.4 Å². The number of methoxy groups -OCH3 is 1. The van der Waals surface area contributed by atoms with E-state index in [1.807, 2.05) is 0 Å². The minimum absolute atomic E-state index is 0.345. The molecule has 6 atom stereocenters. The lowest BCUT2D eigenvalue weighted by molar-refractivity contribution is -0.266. The quantitative estimate of drug-likeness (QED) is 0.167. The van der Waals surface area contributed by atoms with Crippen LogP contribution in [-0.4, -0.2) is 74.2 Å². The third-order valence-corrected chi connectivity index (χ3v) is 7.69. The van der Waals surface area contributed by atoms with E-state index in [0.29, 0.717) is 12.0 Å². The van der Waals surface area contributed by atoms with Gasteiger partial charge in [0.15, 0.2) is 24.5 Å². The number of esters is 5. The summed E-state index contributed by atoms with van der Waals surface area (Å²) in [6, 6.07) is 6.18. The third-order valence-electron chi connectivity index (χ3n) is 7.69. The SMILES string of the molecule is C=CC[C@H](N[C@@H]1O[C@H](COC(=O)C(C)(C)C)[C@H](OC(=O)C(C)(C)C)[C@H](OC(=O)C(C)(C)C)[C@H]1OC(=O)C(C)(C)C)c1ccc(C(=O)OC)cc1. The summed E-state index contributed by atoms with van der Waals surface area (Å²) in [7, 11) is 1.29. The molecular weight excluding hydrogens is 646 g/mol. The van der Waals surface area contributed by atoms with Gasteiger partial charge in [-0.15, -0.1) is 6.58 Å². The second-order valence-electron chi connectivity index (χ2n) is 16.7. The van der Waals surface area contributed by atoms with Crippen molar-refractivity contribution in [3.63, 3.8) is 0 Å². The molecule has 0 radical (unpaired) electrons. The van der Waals surface area contributed by atoms with Gasteiger partial charge in [0, 0.05) is 6.04 Å². The van der Waals surface area contributed by atoms with Crippen LogP contribution in [0.2, 0.25) is 0 Å². The highest BCUT2D eigenvalue weighted by Gasteiger charge is 2.55. The Kier molecular flexibility index (Phi) is 14.0. The molecule has 280 valence electrons. The Bertz CT molecular complexity index is 1370. The summed E-state index contributed by atoms with van der Waals surface area (Å²) in [6.45, 7) is 23.6. The molecule has 12 heteroatoms. The molecular formula is C38H57NO11. The lowest BCUT2D eigenvalue weighted by atomic mass is 9.92. The summed E-state index contributed by atoms with van der Waals surface area (Å²) in [5.74, 6) is -2.95. The highest BCUT2D eigenvalue weighted by molar-refractivity contribution is 5.89. The van der Waals surface area contributed by atoms with Crippen LogP contribution in [-0.2, 0) is 47.6 Å². The van der Waals surface area contributed by atoms with Gasteiger partial charge in [-0.2, -0.15) is 0 Å². The summed E-state index contributed by atoms with van der Waals surface area (Å²) < 4.78 is 35.3. The van der Waals surface area contributed by atoms with Crippen LogP contribution in [0.15, 0.2) is 36.9 Å². The van der Waals surface area contributed by atoms with Crippen LogP contribution in [0.25, 0.3) is 0 Å². The predicted molar refractivity (Wildman–Crippen MR) is 186 cm³/mol. The van der Waals surface area contributed by atoms with Crippen molar-refractivity contribution in [3.8, 4) is 0 Å². The van der Waals surface area contributed by atoms with Gasteiger partial charge in [0.2, 0.25) is 0 Å². The van der Waals surface area contributed by atoms with Crippen molar-refractivity contribution in [2.45, 2.75) is 126 Å². The zero-order valence-corrected chi connectivity index (χ0v) is 32.0. The summed E-state index contributed by atoms with van der Waals surface area (Å²) in [4.78, 5) is 65.5. The van der Waals surface area contributed by atoms with Crippen LogP contribution < -0.4 is 5.32 Å². The molecule has 0 aromatic heterocycles.